The van der Waals surface area contributed by atoms with Gasteiger partial charge in [-0.1, -0.05) is 0 Å². The molecular weight excluding hydrogens is 171 g/mol. The quantitative estimate of drug-likeness (QED) is 0.484. The Bertz CT molecular complexity index is 135. The lowest BCUT2D eigenvalue weighted by Gasteiger charge is -2.18. The van der Waals surface area contributed by atoms with E-state index >= 15 is 0 Å². The van der Waals surface area contributed by atoms with Crippen molar-refractivity contribution in [3.05, 3.63) is 0 Å². The summed E-state index contributed by atoms with van der Waals surface area (Å²) in [7, 11) is 1.71. The van der Waals surface area contributed by atoms with Gasteiger partial charge in [0.2, 0.25) is 0 Å². The monoisotopic (exact) mass is 190 g/mol. The van der Waals surface area contributed by atoms with Crippen molar-refractivity contribution in [2.24, 2.45) is 0 Å². The smallest absolute Gasteiger partial charge is 0.0474 e. The third-order valence-electron chi connectivity index (χ3n) is 2.36. The van der Waals surface area contributed by atoms with Gasteiger partial charge in [-0.15, -0.1) is 9.60 Å². The molecular formula is C9H19FN2O. The van der Waals surface area contributed by atoms with Gasteiger partial charge in [-0.2, -0.15) is 0 Å². The van der Waals surface area contributed by atoms with Crippen molar-refractivity contribution >= 4 is 0 Å². The van der Waals surface area contributed by atoms with Gasteiger partial charge in [-0.3, -0.25) is 0 Å². The van der Waals surface area contributed by atoms with Crippen LogP contribution in [0.5, 0.6) is 0 Å². The normalized spacial score (nSPS) is 21.7. The minimum Gasteiger partial charge on any atom is -0.385 e. The molecule has 0 saturated carbocycles. The Balaban J connectivity index is 2.11. The van der Waals surface area contributed by atoms with Gasteiger partial charge < -0.3 is 9.64 Å². The maximum Gasteiger partial charge on any atom is 0.0474 e. The van der Waals surface area contributed by atoms with Crippen LogP contribution < -0.4 is 0 Å². The van der Waals surface area contributed by atoms with Gasteiger partial charge in [0.15, 0.2) is 0 Å². The van der Waals surface area contributed by atoms with Gasteiger partial charge in [-0.25, -0.2) is 0 Å². The van der Waals surface area contributed by atoms with Gasteiger partial charge in [-0.05, 0) is 19.4 Å². The second-order valence-electron chi connectivity index (χ2n) is 3.45. The highest BCUT2D eigenvalue weighted by Crippen LogP contribution is 2.03. The second kappa shape index (κ2) is 6.29. The summed E-state index contributed by atoms with van der Waals surface area (Å²) in [6, 6.07) is 0. The number of hydrogen-bond donors (Lipinski definition) is 0. The Morgan fingerprint density at radius 2 is 2.08 bits per heavy atom. The molecule has 0 radical (unpaired) electrons. The Labute approximate surface area is 79.4 Å². The van der Waals surface area contributed by atoms with E-state index in [1.807, 2.05) is 0 Å². The van der Waals surface area contributed by atoms with Crippen LogP contribution in [0.1, 0.15) is 12.8 Å². The maximum atomic E-state index is 12.8. The van der Waals surface area contributed by atoms with Gasteiger partial charge in [0, 0.05) is 39.9 Å². The van der Waals surface area contributed by atoms with Crippen molar-refractivity contribution in [2.75, 3.05) is 46.4 Å². The topological polar surface area (TPSA) is 15.7 Å². The minimum atomic E-state index is 0.549. The number of ether oxygens (including phenoxy) is 1. The van der Waals surface area contributed by atoms with Crippen molar-refractivity contribution in [3.63, 3.8) is 0 Å². The molecule has 1 aliphatic heterocycles. The molecule has 3 nitrogen and oxygen atoms in total. The zero-order valence-corrected chi connectivity index (χ0v) is 8.34. The van der Waals surface area contributed by atoms with E-state index in [1.165, 1.54) is 0 Å². The maximum absolute atomic E-state index is 12.8. The molecule has 1 fully saturated rings. The first kappa shape index (κ1) is 10.9. The van der Waals surface area contributed by atoms with Crippen LogP contribution in [0.4, 0.5) is 4.48 Å². The van der Waals surface area contributed by atoms with Crippen molar-refractivity contribution in [2.45, 2.75) is 12.8 Å². The van der Waals surface area contributed by atoms with Crippen LogP contribution in [0.3, 0.4) is 0 Å². The van der Waals surface area contributed by atoms with Gasteiger partial charge >= 0.3 is 0 Å². The minimum absolute atomic E-state index is 0.549. The van der Waals surface area contributed by atoms with Gasteiger partial charge in [0.1, 0.15) is 0 Å². The van der Waals surface area contributed by atoms with E-state index in [9.17, 15) is 4.48 Å². The van der Waals surface area contributed by atoms with Crippen molar-refractivity contribution in [1.82, 2.24) is 10.0 Å². The molecule has 0 aliphatic carbocycles. The first-order chi connectivity index (χ1) is 6.33. The standard InChI is InChI=1S/C9H19FN2O/c1-13-9-3-5-11-4-2-6-12(10)8-7-11/h2-9H2,1H3. The Morgan fingerprint density at radius 3 is 2.85 bits per heavy atom. The fraction of sp³-hybridized carbons (Fsp3) is 1.00. The second-order valence-corrected chi connectivity index (χ2v) is 3.45. The Hall–Kier alpha value is -0.190. The molecule has 1 rings (SSSR count). The van der Waals surface area contributed by atoms with Crippen molar-refractivity contribution in [3.8, 4) is 0 Å². The molecule has 0 aromatic carbocycles. The molecule has 13 heavy (non-hydrogen) atoms. The van der Waals surface area contributed by atoms with E-state index in [-0.39, 0.29) is 0 Å². The summed E-state index contributed by atoms with van der Waals surface area (Å²) in [5, 5.41) is 0.913. The third-order valence-corrected chi connectivity index (χ3v) is 2.36. The predicted molar refractivity (Wildman–Crippen MR) is 50.2 cm³/mol. The molecule has 0 aromatic rings. The lowest BCUT2D eigenvalue weighted by molar-refractivity contribution is 0.0304. The molecule has 1 aliphatic rings. The van der Waals surface area contributed by atoms with E-state index in [2.05, 4.69) is 4.90 Å². The lowest BCUT2D eigenvalue weighted by Crippen LogP contribution is -2.29. The highest BCUT2D eigenvalue weighted by Gasteiger charge is 2.12. The average molecular weight is 190 g/mol. The van der Waals surface area contributed by atoms with Crippen LogP contribution in [-0.4, -0.2) is 56.5 Å². The van der Waals surface area contributed by atoms with Crippen LogP contribution in [0, 0.1) is 0 Å². The van der Waals surface area contributed by atoms with Crippen LogP contribution in [-0.2, 0) is 4.74 Å². The van der Waals surface area contributed by atoms with E-state index < -0.39 is 0 Å². The zero-order chi connectivity index (χ0) is 9.52. The number of hydrogen-bond acceptors (Lipinski definition) is 3. The summed E-state index contributed by atoms with van der Waals surface area (Å²) in [6.45, 7) is 4.83. The largest absolute Gasteiger partial charge is 0.385 e. The summed E-state index contributed by atoms with van der Waals surface area (Å²) in [6.07, 6.45) is 1.98. The summed E-state index contributed by atoms with van der Waals surface area (Å²) < 4.78 is 17.8. The van der Waals surface area contributed by atoms with Crippen LogP contribution >= 0.6 is 0 Å². The van der Waals surface area contributed by atoms with Gasteiger partial charge in [0.25, 0.3) is 0 Å². The molecule has 0 N–H and O–H groups in total. The number of methoxy groups -OCH3 is 1. The van der Waals surface area contributed by atoms with Crippen molar-refractivity contribution < 1.29 is 9.22 Å². The van der Waals surface area contributed by atoms with Crippen LogP contribution in [0.15, 0.2) is 0 Å². The van der Waals surface area contributed by atoms with E-state index in [0.29, 0.717) is 13.1 Å². The van der Waals surface area contributed by atoms with Crippen LogP contribution in [0.2, 0.25) is 0 Å². The first-order valence-electron chi connectivity index (χ1n) is 4.95. The fourth-order valence-corrected chi connectivity index (χ4v) is 1.60. The highest BCUT2D eigenvalue weighted by molar-refractivity contribution is 4.64. The molecule has 0 unspecified atom stereocenters. The van der Waals surface area contributed by atoms with E-state index in [1.54, 1.807) is 7.11 Å². The molecule has 1 heterocycles. The van der Waals surface area contributed by atoms with E-state index in [4.69, 9.17) is 4.74 Å². The summed E-state index contributed by atoms with van der Waals surface area (Å²) in [4.78, 5) is 2.30. The van der Waals surface area contributed by atoms with E-state index in [0.717, 1.165) is 44.2 Å². The summed E-state index contributed by atoms with van der Waals surface area (Å²) in [5.74, 6) is 0. The molecule has 0 atom stereocenters. The summed E-state index contributed by atoms with van der Waals surface area (Å²) in [5.41, 5.74) is 0. The van der Waals surface area contributed by atoms with Gasteiger partial charge in [0.05, 0.1) is 0 Å². The Morgan fingerprint density at radius 1 is 1.23 bits per heavy atom. The molecule has 0 spiro atoms. The predicted octanol–water partition coefficient (Wildman–Crippen LogP) is 0.915. The zero-order valence-electron chi connectivity index (χ0n) is 8.34. The molecule has 0 bridgehead atoms. The lowest BCUT2D eigenvalue weighted by atomic mass is 10.3. The third kappa shape index (κ3) is 4.55. The molecule has 78 valence electrons. The number of rotatable bonds is 4. The fourth-order valence-electron chi connectivity index (χ4n) is 1.60. The molecule has 0 amide bonds. The van der Waals surface area contributed by atoms with Crippen LogP contribution in [0.25, 0.3) is 0 Å². The van der Waals surface area contributed by atoms with Crippen molar-refractivity contribution in [1.29, 1.82) is 0 Å². The molecule has 0 aromatic heterocycles. The Kier molecular flexibility index (Phi) is 5.27. The SMILES string of the molecule is COCCCN1CCCN(F)CC1. The number of halogens is 1. The number of nitrogens with zero attached hydrogens (tertiary/aromatic N) is 2. The highest BCUT2D eigenvalue weighted by atomic mass is 19.2. The summed E-state index contributed by atoms with van der Waals surface area (Å²) >= 11 is 0. The average Bonchev–Trinajstić information content (AvgIpc) is 2.32. The molecule has 1 saturated heterocycles. The molecule has 4 heteroatoms. The first-order valence-corrected chi connectivity index (χ1v) is 4.95.